The third-order valence-electron chi connectivity index (χ3n) is 1.51. The number of hydrogen-bond donors (Lipinski definition) is 0. The summed E-state index contributed by atoms with van der Waals surface area (Å²) in [6.45, 7) is 2.98. The zero-order valence-electron chi connectivity index (χ0n) is 5.48. The van der Waals surface area contributed by atoms with Crippen molar-refractivity contribution in [1.82, 2.24) is 0 Å². The molecule has 0 aromatic carbocycles. The second-order valence-electron chi connectivity index (χ2n) is 2.17. The third kappa shape index (κ3) is 0.997. The van der Waals surface area contributed by atoms with Gasteiger partial charge in [-0.1, -0.05) is 0 Å². The maximum Gasteiger partial charge on any atom is 0.201 e. The summed E-state index contributed by atoms with van der Waals surface area (Å²) < 4.78 is 1.85. The van der Waals surface area contributed by atoms with Crippen molar-refractivity contribution in [2.24, 2.45) is 0 Å². The van der Waals surface area contributed by atoms with Crippen molar-refractivity contribution in [2.45, 2.75) is 19.8 Å². The van der Waals surface area contributed by atoms with Gasteiger partial charge in [0.25, 0.3) is 0 Å². The Labute approximate surface area is 49.7 Å². The van der Waals surface area contributed by atoms with E-state index in [4.69, 9.17) is 4.84 Å². The molecule has 0 aromatic rings. The van der Waals surface area contributed by atoms with Crippen LogP contribution in [0, 0.1) is 0 Å². The molecule has 0 bridgehead atoms. The molecular formula is C6H12NO+. The Kier molecular flexibility index (Phi) is 1.51. The third-order valence-corrected chi connectivity index (χ3v) is 1.51. The van der Waals surface area contributed by atoms with Crippen LogP contribution >= 0.6 is 0 Å². The molecule has 0 radical (unpaired) electrons. The van der Waals surface area contributed by atoms with E-state index < -0.39 is 0 Å². The molecule has 0 amide bonds. The molecule has 0 saturated carbocycles. The van der Waals surface area contributed by atoms with Gasteiger partial charge in [0, 0.05) is 13.3 Å². The van der Waals surface area contributed by atoms with Gasteiger partial charge in [-0.25, -0.2) is 0 Å². The Morgan fingerprint density at radius 1 is 1.62 bits per heavy atom. The van der Waals surface area contributed by atoms with Gasteiger partial charge >= 0.3 is 0 Å². The van der Waals surface area contributed by atoms with Crippen LogP contribution in [-0.4, -0.2) is 24.1 Å². The zero-order chi connectivity index (χ0) is 5.98. The number of rotatable bonds is 0. The fourth-order valence-electron chi connectivity index (χ4n) is 0.797. The standard InChI is InChI=1S/C6H12NO/c1-6-4-3-5-8-7(6)2/h3-5H2,1-2H3/q+1. The van der Waals surface area contributed by atoms with Crippen molar-refractivity contribution in [1.29, 1.82) is 0 Å². The van der Waals surface area contributed by atoms with Crippen molar-refractivity contribution < 1.29 is 9.58 Å². The molecule has 0 saturated heterocycles. The molecule has 1 rings (SSSR count). The molecule has 1 aliphatic heterocycles. The largest absolute Gasteiger partial charge is 0.277 e. The highest BCUT2D eigenvalue weighted by molar-refractivity contribution is 5.76. The molecule has 0 fully saturated rings. The van der Waals surface area contributed by atoms with Crippen LogP contribution in [0.5, 0.6) is 0 Å². The van der Waals surface area contributed by atoms with Crippen LogP contribution in [0.4, 0.5) is 0 Å². The van der Waals surface area contributed by atoms with Crippen molar-refractivity contribution in [2.75, 3.05) is 13.7 Å². The predicted molar refractivity (Wildman–Crippen MR) is 32.1 cm³/mol. The predicted octanol–water partition coefficient (Wildman–Crippen LogP) is 0.815. The lowest BCUT2D eigenvalue weighted by molar-refractivity contribution is -0.773. The first-order valence-corrected chi connectivity index (χ1v) is 3.00. The van der Waals surface area contributed by atoms with E-state index in [9.17, 15) is 0 Å². The summed E-state index contributed by atoms with van der Waals surface area (Å²) in [5.74, 6) is 0. The first-order valence-electron chi connectivity index (χ1n) is 3.00. The second-order valence-corrected chi connectivity index (χ2v) is 2.17. The van der Waals surface area contributed by atoms with Gasteiger partial charge in [-0.2, -0.15) is 0 Å². The number of nitrogens with zero attached hydrogens (tertiary/aromatic N) is 1. The van der Waals surface area contributed by atoms with Crippen LogP contribution in [-0.2, 0) is 4.84 Å². The van der Waals surface area contributed by atoms with Crippen LogP contribution in [0.2, 0.25) is 0 Å². The normalized spacial score (nSPS) is 20.8. The zero-order valence-corrected chi connectivity index (χ0v) is 5.48. The van der Waals surface area contributed by atoms with Gasteiger partial charge in [-0.15, -0.1) is 0 Å². The lowest BCUT2D eigenvalue weighted by Gasteiger charge is -2.06. The van der Waals surface area contributed by atoms with E-state index in [1.54, 1.807) is 0 Å². The monoisotopic (exact) mass is 114 g/mol. The lowest BCUT2D eigenvalue weighted by atomic mass is 10.2. The van der Waals surface area contributed by atoms with Crippen molar-refractivity contribution in [3.8, 4) is 0 Å². The molecule has 0 aliphatic carbocycles. The summed E-state index contributed by atoms with van der Waals surface area (Å²) in [6.07, 6.45) is 2.37. The quantitative estimate of drug-likeness (QED) is 0.424. The Morgan fingerprint density at radius 2 is 2.38 bits per heavy atom. The molecule has 2 nitrogen and oxygen atoms in total. The van der Waals surface area contributed by atoms with Gasteiger partial charge in [-0.05, 0) is 11.2 Å². The van der Waals surface area contributed by atoms with E-state index in [-0.39, 0.29) is 0 Å². The van der Waals surface area contributed by atoms with E-state index in [0.717, 1.165) is 6.61 Å². The van der Waals surface area contributed by atoms with E-state index in [2.05, 4.69) is 6.92 Å². The number of hydrogen-bond acceptors (Lipinski definition) is 1. The van der Waals surface area contributed by atoms with Gasteiger partial charge in [0.05, 0.1) is 0 Å². The number of hydroxylamine groups is 1. The highest BCUT2D eigenvalue weighted by atomic mass is 16.7. The maximum absolute atomic E-state index is 5.19. The Hall–Kier alpha value is -0.530. The molecule has 1 aliphatic rings. The van der Waals surface area contributed by atoms with Crippen LogP contribution < -0.4 is 0 Å². The molecule has 46 valence electrons. The summed E-state index contributed by atoms with van der Waals surface area (Å²) in [4.78, 5) is 5.19. The van der Waals surface area contributed by atoms with Gasteiger partial charge in [0.1, 0.15) is 0 Å². The van der Waals surface area contributed by atoms with Gasteiger partial charge in [0.15, 0.2) is 13.7 Å². The molecule has 0 atom stereocenters. The van der Waals surface area contributed by atoms with Crippen molar-refractivity contribution in [3.05, 3.63) is 0 Å². The minimum absolute atomic E-state index is 0.883. The van der Waals surface area contributed by atoms with E-state index >= 15 is 0 Å². The van der Waals surface area contributed by atoms with Crippen LogP contribution in [0.25, 0.3) is 0 Å². The minimum atomic E-state index is 0.883. The average molecular weight is 114 g/mol. The van der Waals surface area contributed by atoms with Crippen LogP contribution in [0.15, 0.2) is 0 Å². The van der Waals surface area contributed by atoms with Gasteiger partial charge in [-0.3, -0.25) is 4.84 Å². The maximum atomic E-state index is 5.19. The van der Waals surface area contributed by atoms with Crippen LogP contribution in [0.1, 0.15) is 19.8 Å². The Morgan fingerprint density at radius 3 is 2.75 bits per heavy atom. The molecule has 0 unspecified atom stereocenters. The average Bonchev–Trinajstić information content (AvgIpc) is 1.77. The molecule has 0 spiro atoms. The molecular weight excluding hydrogens is 102 g/mol. The Balaban J connectivity index is 2.60. The van der Waals surface area contributed by atoms with Gasteiger partial charge in [0.2, 0.25) is 5.71 Å². The van der Waals surface area contributed by atoms with E-state index in [1.807, 2.05) is 11.8 Å². The summed E-state index contributed by atoms with van der Waals surface area (Å²) in [6, 6.07) is 0. The highest BCUT2D eigenvalue weighted by Gasteiger charge is 2.11. The van der Waals surface area contributed by atoms with Crippen molar-refractivity contribution >= 4 is 5.71 Å². The lowest BCUT2D eigenvalue weighted by Crippen LogP contribution is -2.21. The first-order chi connectivity index (χ1) is 3.80. The molecule has 0 N–H and O–H groups in total. The van der Waals surface area contributed by atoms with Gasteiger partial charge < -0.3 is 0 Å². The summed E-state index contributed by atoms with van der Waals surface area (Å²) in [5, 5.41) is 0. The first kappa shape index (κ1) is 5.60. The van der Waals surface area contributed by atoms with Crippen molar-refractivity contribution in [3.63, 3.8) is 0 Å². The smallest absolute Gasteiger partial charge is 0.201 e. The topological polar surface area (TPSA) is 12.2 Å². The summed E-state index contributed by atoms with van der Waals surface area (Å²) >= 11 is 0. The summed E-state index contributed by atoms with van der Waals surface area (Å²) in [5.41, 5.74) is 1.33. The fraction of sp³-hybridized carbons (Fsp3) is 0.833. The Bertz CT molecular complexity index is 104. The fourth-order valence-corrected chi connectivity index (χ4v) is 0.797. The molecule has 0 aromatic heterocycles. The second kappa shape index (κ2) is 2.16. The van der Waals surface area contributed by atoms with E-state index in [0.29, 0.717) is 0 Å². The molecule has 2 heteroatoms. The highest BCUT2D eigenvalue weighted by Crippen LogP contribution is 1.99. The van der Waals surface area contributed by atoms with E-state index in [1.165, 1.54) is 18.6 Å². The molecule has 8 heavy (non-hydrogen) atoms. The summed E-state index contributed by atoms with van der Waals surface area (Å²) in [7, 11) is 1.95. The molecule has 1 heterocycles. The minimum Gasteiger partial charge on any atom is -0.277 e. The van der Waals surface area contributed by atoms with Crippen LogP contribution in [0.3, 0.4) is 0 Å². The SMILES string of the molecule is CC1=[N+](C)OCCC1.